The van der Waals surface area contributed by atoms with Crippen molar-refractivity contribution in [2.24, 2.45) is 10.1 Å². The maximum Gasteiger partial charge on any atom is 0.468 e. The summed E-state index contributed by atoms with van der Waals surface area (Å²) >= 11 is 6.01. The standard InChI is InChI=1S/C22H13ClF8N4O2/c1-36-20(22(29,30)31)33-17-16(15-13(23)6-3-7-14(15)25)34-37-18(17)12-9-32-35(19(12)21(26,27)28)11-5-2-4-10(24)8-11/h2-9,12,19H,1H3/b33-20-. The van der Waals surface area contributed by atoms with Crippen LogP contribution >= 0.6 is 11.6 Å². The first-order chi connectivity index (χ1) is 17.3. The van der Waals surface area contributed by atoms with Crippen LogP contribution in [0.1, 0.15) is 11.7 Å². The van der Waals surface area contributed by atoms with E-state index in [0.29, 0.717) is 12.1 Å². The molecule has 0 aliphatic carbocycles. The summed E-state index contributed by atoms with van der Waals surface area (Å²) in [5.74, 6) is -6.54. The molecule has 0 N–H and O–H groups in total. The molecule has 0 radical (unpaired) electrons. The molecule has 2 unspecified atom stereocenters. The molecule has 3 aromatic rings. The van der Waals surface area contributed by atoms with Gasteiger partial charge in [0.25, 0.3) is 5.90 Å². The molecule has 0 amide bonds. The van der Waals surface area contributed by atoms with Gasteiger partial charge in [0.2, 0.25) is 0 Å². The van der Waals surface area contributed by atoms with E-state index in [9.17, 15) is 35.1 Å². The van der Waals surface area contributed by atoms with Crippen LogP contribution in [-0.4, -0.2) is 42.8 Å². The molecule has 0 bridgehead atoms. The molecule has 6 nitrogen and oxygen atoms in total. The first-order valence-corrected chi connectivity index (χ1v) is 10.5. The zero-order chi connectivity index (χ0) is 27.1. The van der Waals surface area contributed by atoms with Gasteiger partial charge in [0, 0.05) is 6.21 Å². The van der Waals surface area contributed by atoms with E-state index in [1.165, 1.54) is 12.1 Å². The summed E-state index contributed by atoms with van der Waals surface area (Å²) in [6.07, 6.45) is -9.51. The quantitative estimate of drug-likeness (QED) is 0.198. The van der Waals surface area contributed by atoms with Gasteiger partial charge in [0.15, 0.2) is 11.8 Å². The third kappa shape index (κ3) is 5.10. The number of methoxy groups -OCH3 is 1. The van der Waals surface area contributed by atoms with Crippen molar-refractivity contribution in [1.29, 1.82) is 0 Å². The van der Waals surface area contributed by atoms with Crippen molar-refractivity contribution in [3.63, 3.8) is 0 Å². The molecule has 0 saturated carbocycles. The number of anilines is 1. The van der Waals surface area contributed by atoms with Gasteiger partial charge < -0.3 is 9.26 Å². The lowest BCUT2D eigenvalue weighted by Gasteiger charge is -2.28. The molecule has 37 heavy (non-hydrogen) atoms. The van der Waals surface area contributed by atoms with Crippen molar-refractivity contribution in [3.05, 3.63) is 64.9 Å². The summed E-state index contributed by atoms with van der Waals surface area (Å²) in [7, 11) is 0.635. The second-order valence-corrected chi connectivity index (χ2v) is 7.97. The number of aliphatic imine (C=N–C) groups is 1. The Morgan fingerprint density at radius 1 is 1.08 bits per heavy atom. The highest BCUT2D eigenvalue weighted by Crippen LogP contribution is 2.47. The number of benzene rings is 2. The molecule has 1 aliphatic heterocycles. The molecule has 0 saturated heterocycles. The van der Waals surface area contributed by atoms with E-state index < -0.39 is 64.5 Å². The zero-order valence-electron chi connectivity index (χ0n) is 18.3. The minimum atomic E-state index is -5.18. The minimum Gasteiger partial charge on any atom is -0.478 e. The number of rotatable bonds is 4. The van der Waals surface area contributed by atoms with Crippen molar-refractivity contribution in [3.8, 4) is 11.3 Å². The Hall–Kier alpha value is -3.68. The van der Waals surface area contributed by atoms with Crippen LogP contribution in [0.5, 0.6) is 0 Å². The third-order valence-corrected chi connectivity index (χ3v) is 5.52. The Kier molecular flexibility index (Phi) is 6.88. The average Bonchev–Trinajstić information content (AvgIpc) is 3.41. The van der Waals surface area contributed by atoms with E-state index in [1.807, 2.05) is 0 Å². The van der Waals surface area contributed by atoms with Gasteiger partial charge in [-0.2, -0.15) is 31.4 Å². The van der Waals surface area contributed by atoms with E-state index in [1.54, 1.807) is 0 Å². The van der Waals surface area contributed by atoms with Crippen LogP contribution in [0.2, 0.25) is 5.02 Å². The number of hydrogen-bond acceptors (Lipinski definition) is 6. The lowest BCUT2D eigenvalue weighted by atomic mass is 9.95. The van der Waals surface area contributed by atoms with Crippen LogP contribution in [-0.2, 0) is 4.74 Å². The Labute approximate surface area is 207 Å². The second-order valence-electron chi connectivity index (χ2n) is 7.56. The molecule has 2 atom stereocenters. The van der Waals surface area contributed by atoms with Crippen molar-refractivity contribution < 1.29 is 44.4 Å². The highest BCUT2D eigenvalue weighted by Gasteiger charge is 2.54. The van der Waals surface area contributed by atoms with Gasteiger partial charge in [-0.15, -0.1) is 0 Å². The highest BCUT2D eigenvalue weighted by molar-refractivity contribution is 6.33. The normalized spacial score (nSPS) is 18.5. The minimum absolute atomic E-state index is 0.295. The predicted molar refractivity (Wildman–Crippen MR) is 117 cm³/mol. The molecule has 2 aromatic carbocycles. The van der Waals surface area contributed by atoms with E-state index in [-0.39, 0.29) is 10.7 Å². The Morgan fingerprint density at radius 3 is 2.38 bits per heavy atom. The topological polar surface area (TPSA) is 63.2 Å². The molecule has 4 rings (SSSR count). The molecule has 196 valence electrons. The number of aromatic nitrogens is 1. The average molecular weight is 553 g/mol. The summed E-state index contributed by atoms with van der Waals surface area (Å²) in [5.41, 5.74) is -2.46. The molecule has 15 heteroatoms. The van der Waals surface area contributed by atoms with E-state index in [0.717, 1.165) is 36.5 Å². The van der Waals surface area contributed by atoms with Gasteiger partial charge in [-0.05, 0) is 30.3 Å². The third-order valence-electron chi connectivity index (χ3n) is 5.21. The van der Waals surface area contributed by atoms with Gasteiger partial charge in [-0.1, -0.05) is 28.9 Å². The molecule has 0 fully saturated rings. The van der Waals surface area contributed by atoms with Crippen LogP contribution < -0.4 is 5.01 Å². The van der Waals surface area contributed by atoms with Gasteiger partial charge >= 0.3 is 12.4 Å². The lowest BCUT2D eigenvalue weighted by Crippen LogP contribution is -2.44. The summed E-state index contributed by atoms with van der Waals surface area (Å²) in [4.78, 5) is 3.32. The number of hydrazone groups is 1. The molecule has 1 aromatic heterocycles. The van der Waals surface area contributed by atoms with Crippen LogP contribution in [0.3, 0.4) is 0 Å². The monoisotopic (exact) mass is 552 g/mol. The Bertz CT molecular complexity index is 1350. The Balaban J connectivity index is 1.94. The Morgan fingerprint density at radius 2 is 1.78 bits per heavy atom. The van der Waals surface area contributed by atoms with Crippen molar-refractivity contribution in [1.82, 2.24) is 5.16 Å². The van der Waals surface area contributed by atoms with Gasteiger partial charge in [0.05, 0.1) is 29.3 Å². The first-order valence-electron chi connectivity index (χ1n) is 10.1. The van der Waals surface area contributed by atoms with Gasteiger partial charge in [-0.3, -0.25) is 5.01 Å². The number of halogens is 9. The summed E-state index contributed by atoms with van der Waals surface area (Å²) in [6.45, 7) is 0. The maximum absolute atomic E-state index is 14.6. The smallest absolute Gasteiger partial charge is 0.468 e. The fourth-order valence-electron chi connectivity index (χ4n) is 3.69. The van der Waals surface area contributed by atoms with Crippen molar-refractivity contribution in [2.75, 3.05) is 12.1 Å². The summed E-state index contributed by atoms with van der Waals surface area (Å²) < 4.78 is 121. The van der Waals surface area contributed by atoms with E-state index in [4.69, 9.17) is 16.1 Å². The van der Waals surface area contributed by atoms with Crippen LogP contribution in [0, 0.1) is 11.6 Å². The fourth-order valence-corrected chi connectivity index (χ4v) is 3.94. The lowest BCUT2D eigenvalue weighted by molar-refractivity contribution is -0.149. The van der Waals surface area contributed by atoms with Gasteiger partial charge in [0.1, 0.15) is 23.0 Å². The number of alkyl halides is 6. The number of ether oxygens (including phenoxy) is 1. The molecular weight excluding hydrogens is 540 g/mol. The maximum atomic E-state index is 14.6. The predicted octanol–water partition coefficient (Wildman–Crippen LogP) is 7.03. The van der Waals surface area contributed by atoms with Crippen molar-refractivity contribution >= 4 is 35.1 Å². The van der Waals surface area contributed by atoms with Crippen molar-refractivity contribution in [2.45, 2.75) is 24.3 Å². The molecule has 1 aliphatic rings. The molecular formula is C22H13ClF8N4O2. The van der Waals surface area contributed by atoms with Crippen LogP contribution in [0.25, 0.3) is 11.3 Å². The first kappa shape index (κ1) is 26.4. The van der Waals surface area contributed by atoms with Crippen LogP contribution in [0.15, 0.2) is 57.1 Å². The molecule has 2 heterocycles. The number of nitrogens with zero attached hydrogens (tertiary/aromatic N) is 4. The summed E-state index contributed by atoms with van der Waals surface area (Å²) in [5, 5.41) is 7.31. The number of hydrogen-bond donors (Lipinski definition) is 0. The van der Waals surface area contributed by atoms with Gasteiger partial charge in [-0.25, -0.2) is 13.8 Å². The zero-order valence-corrected chi connectivity index (χ0v) is 19.0. The van der Waals surface area contributed by atoms with Crippen LogP contribution in [0.4, 0.5) is 46.5 Å². The van der Waals surface area contributed by atoms with E-state index >= 15 is 0 Å². The fraction of sp³-hybridized carbons (Fsp3) is 0.227. The summed E-state index contributed by atoms with van der Waals surface area (Å²) in [6, 6.07) is 4.81. The molecule has 0 spiro atoms. The largest absolute Gasteiger partial charge is 0.478 e. The SMILES string of the molecule is CO/C(=N\c1c(-c2c(F)cccc2Cl)noc1C1C=NN(c2cccc(F)c2)C1C(F)(F)F)C(F)(F)F. The second kappa shape index (κ2) is 9.65. The highest BCUT2D eigenvalue weighted by atomic mass is 35.5. The van der Waals surface area contributed by atoms with E-state index in [2.05, 4.69) is 20.0 Å².